The van der Waals surface area contributed by atoms with Crippen molar-refractivity contribution in [1.29, 1.82) is 0 Å². The van der Waals surface area contributed by atoms with Gasteiger partial charge >= 0.3 is 0 Å². The highest BCUT2D eigenvalue weighted by atomic mass is 16.5. The first-order valence-electron chi connectivity index (χ1n) is 10.3. The summed E-state index contributed by atoms with van der Waals surface area (Å²) in [4.78, 5) is 21.6. The Hall–Kier alpha value is -3.07. The molecule has 0 radical (unpaired) electrons. The molecule has 154 valence electrons. The maximum Gasteiger partial charge on any atom is 0.115 e. The van der Waals surface area contributed by atoms with Crippen molar-refractivity contribution in [1.82, 2.24) is 35.1 Å². The summed E-state index contributed by atoms with van der Waals surface area (Å²) < 4.78 is 6.19. The Morgan fingerprint density at radius 3 is 3.07 bits per heavy atom. The summed E-state index contributed by atoms with van der Waals surface area (Å²) in [7, 11) is 0. The van der Waals surface area contributed by atoms with Crippen LogP contribution in [0.4, 0.5) is 0 Å². The van der Waals surface area contributed by atoms with Crippen molar-refractivity contribution >= 4 is 10.9 Å². The number of ether oxygens (including phenoxy) is 1. The molecule has 1 aromatic carbocycles. The van der Waals surface area contributed by atoms with E-state index >= 15 is 0 Å². The van der Waals surface area contributed by atoms with Crippen molar-refractivity contribution in [3.8, 4) is 0 Å². The van der Waals surface area contributed by atoms with Gasteiger partial charge in [-0.1, -0.05) is 12.1 Å². The highest BCUT2D eigenvalue weighted by molar-refractivity contribution is 5.83. The number of morpholine rings is 1. The average molecular weight is 403 g/mol. The molecule has 1 fully saturated rings. The fraction of sp³-hybridized carbons (Fsp3) is 0.318. The van der Waals surface area contributed by atoms with Gasteiger partial charge < -0.3 is 14.7 Å². The standard InChI is InChI=1S/C22H25N7O/c1-2-18(17-5-9-25-19(17)3-1)21-13-29(10-11-30-21)22(20-6-7-23-14-28-20)26-8-4-16-12-24-15-27-16/h1-3,5-7,9,12,14-15,21-22,25-26H,4,8,10-11,13H2,(H,24,27). The lowest BCUT2D eigenvalue weighted by molar-refractivity contribution is -0.0508. The molecular formula is C22H25N7O. The quantitative estimate of drug-likeness (QED) is 0.439. The van der Waals surface area contributed by atoms with Crippen molar-refractivity contribution in [3.05, 3.63) is 78.5 Å². The maximum absolute atomic E-state index is 6.19. The second-order valence-electron chi connectivity index (χ2n) is 7.46. The molecule has 8 nitrogen and oxygen atoms in total. The zero-order valence-electron chi connectivity index (χ0n) is 16.7. The number of hydrogen-bond acceptors (Lipinski definition) is 6. The smallest absolute Gasteiger partial charge is 0.115 e. The minimum atomic E-state index is -0.00671. The van der Waals surface area contributed by atoms with E-state index in [-0.39, 0.29) is 12.3 Å². The molecule has 0 aliphatic carbocycles. The van der Waals surface area contributed by atoms with E-state index < -0.39 is 0 Å². The molecule has 2 atom stereocenters. The third-order valence-corrected chi connectivity index (χ3v) is 5.61. The fourth-order valence-electron chi connectivity index (χ4n) is 4.13. The van der Waals surface area contributed by atoms with E-state index in [0.29, 0.717) is 6.61 Å². The molecule has 1 aliphatic heterocycles. The predicted molar refractivity (Wildman–Crippen MR) is 114 cm³/mol. The second-order valence-corrected chi connectivity index (χ2v) is 7.46. The van der Waals surface area contributed by atoms with Crippen molar-refractivity contribution in [2.24, 2.45) is 0 Å². The van der Waals surface area contributed by atoms with Gasteiger partial charge in [-0.15, -0.1) is 0 Å². The lowest BCUT2D eigenvalue weighted by atomic mass is 10.0. The van der Waals surface area contributed by atoms with Gasteiger partial charge in [0.1, 0.15) is 12.5 Å². The van der Waals surface area contributed by atoms with E-state index in [0.717, 1.165) is 43.0 Å². The van der Waals surface area contributed by atoms with Crippen LogP contribution in [0.25, 0.3) is 10.9 Å². The Balaban J connectivity index is 1.35. The van der Waals surface area contributed by atoms with Gasteiger partial charge in [0.15, 0.2) is 0 Å². The van der Waals surface area contributed by atoms with Gasteiger partial charge in [0.2, 0.25) is 0 Å². The maximum atomic E-state index is 6.19. The summed E-state index contributed by atoms with van der Waals surface area (Å²) >= 11 is 0. The van der Waals surface area contributed by atoms with Crippen LogP contribution < -0.4 is 5.32 Å². The molecule has 5 rings (SSSR count). The van der Waals surface area contributed by atoms with Crippen LogP contribution in [0.15, 0.2) is 61.6 Å². The Bertz CT molecular complexity index is 1060. The van der Waals surface area contributed by atoms with Crippen LogP contribution in [0.3, 0.4) is 0 Å². The van der Waals surface area contributed by atoms with E-state index in [1.807, 2.05) is 18.5 Å². The van der Waals surface area contributed by atoms with Crippen LogP contribution >= 0.6 is 0 Å². The van der Waals surface area contributed by atoms with Crippen LogP contribution in [0.1, 0.15) is 29.2 Å². The van der Waals surface area contributed by atoms with Crippen LogP contribution in [0.5, 0.6) is 0 Å². The number of H-pyrrole nitrogens is 2. The highest BCUT2D eigenvalue weighted by Gasteiger charge is 2.29. The molecule has 3 aromatic heterocycles. The number of imidazole rings is 1. The number of benzene rings is 1. The van der Waals surface area contributed by atoms with Crippen LogP contribution in [-0.4, -0.2) is 56.1 Å². The molecule has 4 aromatic rings. The zero-order valence-corrected chi connectivity index (χ0v) is 16.7. The molecule has 8 heteroatoms. The summed E-state index contributed by atoms with van der Waals surface area (Å²) in [6.45, 7) is 3.11. The molecule has 1 saturated heterocycles. The topological polar surface area (TPSA) is 94.8 Å². The third-order valence-electron chi connectivity index (χ3n) is 5.61. The number of nitrogens with zero attached hydrogens (tertiary/aromatic N) is 4. The van der Waals surface area contributed by atoms with Gasteiger partial charge in [-0.2, -0.15) is 0 Å². The lowest BCUT2D eigenvalue weighted by Gasteiger charge is -2.38. The number of aromatic nitrogens is 5. The second kappa shape index (κ2) is 8.74. The van der Waals surface area contributed by atoms with E-state index in [4.69, 9.17) is 4.74 Å². The van der Waals surface area contributed by atoms with Crippen LogP contribution in [0, 0.1) is 0 Å². The number of rotatable bonds is 7. The number of fused-ring (bicyclic) bond motifs is 1. The molecule has 0 saturated carbocycles. The van der Waals surface area contributed by atoms with Crippen molar-refractivity contribution in [2.75, 3.05) is 26.2 Å². The first-order chi connectivity index (χ1) is 14.9. The Labute approximate surface area is 174 Å². The Kier molecular flexibility index (Phi) is 5.52. The summed E-state index contributed by atoms with van der Waals surface area (Å²) in [5.74, 6) is 0. The Morgan fingerprint density at radius 2 is 2.20 bits per heavy atom. The zero-order chi connectivity index (χ0) is 20.2. The normalized spacial score (nSPS) is 18.6. The van der Waals surface area contributed by atoms with E-state index in [1.54, 1.807) is 18.9 Å². The molecule has 30 heavy (non-hydrogen) atoms. The van der Waals surface area contributed by atoms with Gasteiger partial charge in [-0.3, -0.25) is 10.2 Å². The number of hydrogen-bond donors (Lipinski definition) is 3. The molecular weight excluding hydrogens is 378 g/mol. The number of nitrogens with one attached hydrogen (secondary N) is 3. The van der Waals surface area contributed by atoms with E-state index in [1.165, 1.54) is 10.9 Å². The van der Waals surface area contributed by atoms with Gasteiger partial charge in [-0.05, 0) is 23.8 Å². The summed E-state index contributed by atoms with van der Waals surface area (Å²) in [5.41, 5.74) is 4.44. The monoisotopic (exact) mass is 403 g/mol. The molecule has 1 aliphatic rings. The van der Waals surface area contributed by atoms with Crippen molar-refractivity contribution < 1.29 is 4.74 Å². The van der Waals surface area contributed by atoms with Gasteiger partial charge in [-0.25, -0.2) is 15.0 Å². The summed E-state index contributed by atoms with van der Waals surface area (Å²) in [6, 6.07) is 10.4. The minimum absolute atomic E-state index is 0.00671. The summed E-state index contributed by atoms with van der Waals surface area (Å²) in [6.07, 6.45) is 9.84. The first-order valence-corrected chi connectivity index (χ1v) is 10.3. The van der Waals surface area contributed by atoms with Gasteiger partial charge in [0.25, 0.3) is 0 Å². The predicted octanol–water partition coefficient (Wildman–Crippen LogP) is 2.59. The Morgan fingerprint density at radius 1 is 1.20 bits per heavy atom. The highest BCUT2D eigenvalue weighted by Crippen LogP contribution is 2.31. The molecule has 0 spiro atoms. The fourth-order valence-corrected chi connectivity index (χ4v) is 4.13. The molecule has 0 bridgehead atoms. The third kappa shape index (κ3) is 3.97. The van der Waals surface area contributed by atoms with Gasteiger partial charge in [0.05, 0.1) is 24.7 Å². The average Bonchev–Trinajstić information content (AvgIpc) is 3.49. The van der Waals surface area contributed by atoms with Crippen molar-refractivity contribution in [2.45, 2.75) is 18.7 Å². The molecule has 0 amide bonds. The van der Waals surface area contributed by atoms with Crippen LogP contribution in [0.2, 0.25) is 0 Å². The number of aromatic amines is 2. The van der Waals surface area contributed by atoms with E-state index in [9.17, 15) is 0 Å². The summed E-state index contributed by atoms with van der Waals surface area (Å²) in [5, 5.41) is 4.89. The molecule has 4 heterocycles. The minimum Gasteiger partial charge on any atom is -0.371 e. The first kappa shape index (κ1) is 18.9. The molecule has 3 N–H and O–H groups in total. The largest absolute Gasteiger partial charge is 0.371 e. The SMILES string of the molecule is c1cc(C2CN(C(NCCc3cnc[nH]3)c3ccncn3)CCO2)c2cc[nH]c2c1. The van der Waals surface area contributed by atoms with E-state index in [2.05, 4.69) is 59.4 Å². The molecule has 2 unspecified atom stereocenters. The van der Waals surface area contributed by atoms with Gasteiger partial charge in [0, 0.05) is 61.2 Å². The van der Waals surface area contributed by atoms with Crippen molar-refractivity contribution in [3.63, 3.8) is 0 Å². The van der Waals surface area contributed by atoms with Crippen LogP contribution in [-0.2, 0) is 11.2 Å². The lowest BCUT2D eigenvalue weighted by Crippen LogP contribution is -2.46.